The molecule has 2 rings (SSSR count). The summed E-state index contributed by atoms with van der Waals surface area (Å²) in [5.74, 6) is 0.453. The fourth-order valence-corrected chi connectivity index (χ4v) is 5.07. The van der Waals surface area contributed by atoms with Gasteiger partial charge in [0.15, 0.2) is 6.29 Å². The van der Waals surface area contributed by atoms with Crippen LogP contribution in [0.1, 0.15) is 65.7 Å². The maximum Gasteiger partial charge on any atom is 0.157 e. The van der Waals surface area contributed by atoms with E-state index in [0.717, 1.165) is 45.3 Å². The lowest BCUT2D eigenvalue weighted by Crippen LogP contribution is -2.22. The Bertz CT molecular complexity index is 638. The summed E-state index contributed by atoms with van der Waals surface area (Å²) in [6.45, 7) is 12.4. The van der Waals surface area contributed by atoms with Crippen molar-refractivity contribution < 1.29 is 9.47 Å². The van der Waals surface area contributed by atoms with Crippen LogP contribution in [-0.4, -0.2) is 30.1 Å². The SMILES string of the molecule is C=C(C)[C@H](C/C=C(/C)CCCOC1CCCCO1)CC(Sc1ccccc1)C(C)Cl. The Morgan fingerprint density at radius 1 is 1.30 bits per heavy atom. The number of halogens is 1. The molecule has 0 aromatic heterocycles. The van der Waals surface area contributed by atoms with Gasteiger partial charge in [0, 0.05) is 22.1 Å². The van der Waals surface area contributed by atoms with Crippen molar-refractivity contribution in [3.05, 3.63) is 54.1 Å². The van der Waals surface area contributed by atoms with E-state index in [2.05, 4.69) is 63.8 Å². The third-order valence-electron chi connectivity index (χ3n) is 5.66. The normalized spacial score (nSPS) is 20.5. The molecule has 168 valence electrons. The minimum Gasteiger partial charge on any atom is -0.353 e. The molecular weight excluding hydrogens is 412 g/mol. The molecule has 3 unspecified atom stereocenters. The highest BCUT2D eigenvalue weighted by Gasteiger charge is 2.22. The third-order valence-corrected chi connectivity index (χ3v) is 7.57. The zero-order valence-corrected chi connectivity index (χ0v) is 20.5. The molecule has 1 aromatic rings. The smallest absolute Gasteiger partial charge is 0.157 e. The van der Waals surface area contributed by atoms with E-state index in [4.69, 9.17) is 21.1 Å². The van der Waals surface area contributed by atoms with Crippen LogP contribution in [0.2, 0.25) is 0 Å². The molecule has 0 amide bonds. The summed E-state index contributed by atoms with van der Waals surface area (Å²) >= 11 is 8.45. The molecule has 1 aromatic carbocycles. The monoisotopic (exact) mass is 450 g/mol. The van der Waals surface area contributed by atoms with Gasteiger partial charge in [0.25, 0.3) is 0 Å². The quantitative estimate of drug-likeness (QED) is 0.131. The highest BCUT2D eigenvalue weighted by molar-refractivity contribution is 8.00. The standard InChI is InChI=1S/C26H39ClO2S/c1-20(2)23(19-25(22(4)27)30-24-12-6-5-7-13-24)16-15-21(3)11-10-18-29-26-14-8-9-17-28-26/h5-7,12-13,15,22-23,25-26H,1,8-11,14,16-19H2,2-4H3/b21-15-/t22?,23-,25?,26?/m1/s1. The average molecular weight is 451 g/mol. The van der Waals surface area contributed by atoms with Gasteiger partial charge >= 0.3 is 0 Å². The summed E-state index contributed by atoms with van der Waals surface area (Å²) < 4.78 is 11.5. The number of benzene rings is 1. The van der Waals surface area contributed by atoms with Gasteiger partial charge in [0.2, 0.25) is 0 Å². The van der Waals surface area contributed by atoms with Gasteiger partial charge in [-0.2, -0.15) is 0 Å². The molecule has 4 heteroatoms. The van der Waals surface area contributed by atoms with E-state index in [-0.39, 0.29) is 11.7 Å². The number of rotatable bonds is 13. The highest BCUT2D eigenvalue weighted by Crippen LogP contribution is 2.34. The molecule has 30 heavy (non-hydrogen) atoms. The first-order chi connectivity index (χ1) is 14.5. The number of thioether (sulfide) groups is 1. The van der Waals surface area contributed by atoms with Gasteiger partial charge in [-0.3, -0.25) is 0 Å². The highest BCUT2D eigenvalue weighted by atomic mass is 35.5. The van der Waals surface area contributed by atoms with Crippen LogP contribution in [0, 0.1) is 5.92 Å². The Kier molecular flexibility index (Phi) is 12.2. The number of ether oxygens (including phenoxy) is 2. The molecule has 0 radical (unpaired) electrons. The van der Waals surface area contributed by atoms with Gasteiger partial charge in [-0.1, -0.05) is 42.0 Å². The minimum atomic E-state index is 0.0208. The summed E-state index contributed by atoms with van der Waals surface area (Å²) in [5, 5.41) is 0.481. The molecule has 2 nitrogen and oxygen atoms in total. The van der Waals surface area contributed by atoms with E-state index < -0.39 is 0 Å². The van der Waals surface area contributed by atoms with Crippen molar-refractivity contribution in [3.8, 4) is 0 Å². The second-order valence-electron chi connectivity index (χ2n) is 8.48. The van der Waals surface area contributed by atoms with E-state index in [1.165, 1.54) is 28.9 Å². The molecule has 1 heterocycles. The Balaban J connectivity index is 1.78. The van der Waals surface area contributed by atoms with E-state index >= 15 is 0 Å². The lowest BCUT2D eigenvalue weighted by atomic mass is 9.91. The van der Waals surface area contributed by atoms with Gasteiger partial charge in [-0.25, -0.2) is 0 Å². The lowest BCUT2D eigenvalue weighted by Gasteiger charge is -2.25. The fraction of sp³-hybridized carbons (Fsp3) is 0.615. The number of hydrogen-bond acceptors (Lipinski definition) is 3. The molecule has 1 saturated heterocycles. The van der Waals surface area contributed by atoms with Crippen molar-refractivity contribution in [1.29, 1.82) is 0 Å². The van der Waals surface area contributed by atoms with Crippen molar-refractivity contribution in [3.63, 3.8) is 0 Å². The third kappa shape index (κ3) is 10.0. The van der Waals surface area contributed by atoms with Crippen molar-refractivity contribution in [1.82, 2.24) is 0 Å². The van der Waals surface area contributed by atoms with Crippen LogP contribution in [0.3, 0.4) is 0 Å². The molecule has 4 atom stereocenters. The number of allylic oxidation sites excluding steroid dienone is 3. The summed E-state index contributed by atoms with van der Waals surface area (Å²) in [4.78, 5) is 1.28. The predicted octanol–water partition coefficient (Wildman–Crippen LogP) is 8.02. The summed E-state index contributed by atoms with van der Waals surface area (Å²) in [7, 11) is 0. The average Bonchev–Trinajstić information content (AvgIpc) is 2.74. The van der Waals surface area contributed by atoms with Crippen molar-refractivity contribution in [2.45, 2.75) is 87.5 Å². The molecule has 1 fully saturated rings. The zero-order chi connectivity index (χ0) is 21.8. The minimum absolute atomic E-state index is 0.0208. The Morgan fingerprint density at radius 3 is 2.70 bits per heavy atom. The van der Waals surface area contributed by atoms with Crippen molar-refractivity contribution in [2.75, 3.05) is 13.2 Å². The van der Waals surface area contributed by atoms with Gasteiger partial charge in [0.1, 0.15) is 0 Å². The first-order valence-corrected chi connectivity index (χ1v) is 12.7. The Hall–Kier alpha value is -0.740. The number of hydrogen-bond donors (Lipinski definition) is 0. The predicted molar refractivity (Wildman–Crippen MR) is 131 cm³/mol. The molecule has 0 bridgehead atoms. The van der Waals surface area contributed by atoms with Crippen molar-refractivity contribution >= 4 is 23.4 Å². The van der Waals surface area contributed by atoms with Crippen LogP contribution in [0.15, 0.2) is 59.0 Å². The zero-order valence-electron chi connectivity index (χ0n) is 18.9. The van der Waals surface area contributed by atoms with Gasteiger partial charge in [-0.15, -0.1) is 23.4 Å². The van der Waals surface area contributed by atoms with Crippen LogP contribution in [-0.2, 0) is 9.47 Å². The molecular formula is C26H39ClO2S. The fourth-order valence-electron chi connectivity index (χ4n) is 3.64. The van der Waals surface area contributed by atoms with Crippen LogP contribution in [0.5, 0.6) is 0 Å². The molecule has 0 aliphatic carbocycles. The first kappa shape index (κ1) is 25.5. The van der Waals surface area contributed by atoms with Crippen LogP contribution >= 0.6 is 23.4 Å². The van der Waals surface area contributed by atoms with Crippen LogP contribution < -0.4 is 0 Å². The molecule has 1 aliphatic heterocycles. The van der Waals surface area contributed by atoms with Crippen LogP contribution in [0.4, 0.5) is 0 Å². The van der Waals surface area contributed by atoms with Gasteiger partial charge in [-0.05, 0) is 83.8 Å². The topological polar surface area (TPSA) is 18.5 Å². The van der Waals surface area contributed by atoms with E-state index in [1.807, 2.05) is 11.8 Å². The van der Waals surface area contributed by atoms with E-state index in [9.17, 15) is 0 Å². The first-order valence-electron chi connectivity index (χ1n) is 11.4. The van der Waals surface area contributed by atoms with E-state index in [1.54, 1.807) is 0 Å². The summed E-state index contributed by atoms with van der Waals surface area (Å²) in [6.07, 6.45) is 10.0. The number of alkyl halides is 1. The summed E-state index contributed by atoms with van der Waals surface area (Å²) in [6, 6.07) is 10.6. The second-order valence-corrected chi connectivity index (χ2v) is 10.5. The van der Waals surface area contributed by atoms with E-state index in [0.29, 0.717) is 11.2 Å². The molecule has 0 saturated carbocycles. The molecule has 1 aliphatic rings. The molecule has 0 spiro atoms. The maximum atomic E-state index is 6.56. The molecule has 0 N–H and O–H groups in total. The Morgan fingerprint density at radius 2 is 2.07 bits per heavy atom. The maximum absolute atomic E-state index is 6.56. The summed E-state index contributed by atoms with van der Waals surface area (Å²) in [5.41, 5.74) is 2.67. The largest absolute Gasteiger partial charge is 0.353 e. The lowest BCUT2D eigenvalue weighted by molar-refractivity contribution is -0.162. The van der Waals surface area contributed by atoms with Gasteiger partial charge < -0.3 is 9.47 Å². The van der Waals surface area contributed by atoms with Gasteiger partial charge in [0.05, 0.1) is 6.61 Å². The van der Waals surface area contributed by atoms with Crippen molar-refractivity contribution in [2.24, 2.45) is 5.92 Å². The second kappa shape index (κ2) is 14.3. The van der Waals surface area contributed by atoms with Crippen LogP contribution in [0.25, 0.3) is 0 Å². The Labute approximate surface area is 193 Å².